The van der Waals surface area contributed by atoms with Gasteiger partial charge < -0.3 is 15.1 Å². The Hall–Kier alpha value is -3.29. The van der Waals surface area contributed by atoms with Crippen LogP contribution in [-0.4, -0.2) is 15.9 Å². The van der Waals surface area contributed by atoms with Gasteiger partial charge in [0, 0.05) is 17.4 Å². The van der Waals surface area contributed by atoms with Gasteiger partial charge in [-0.2, -0.15) is 0 Å². The van der Waals surface area contributed by atoms with Crippen LogP contribution in [0.5, 0.6) is 0 Å². The second kappa shape index (κ2) is 7.08. The maximum Gasteiger partial charge on any atom is 0.270 e. The molecule has 0 atom stereocenters. The highest BCUT2D eigenvalue weighted by Crippen LogP contribution is 2.17. The lowest BCUT2D eigenvalue weighted by Crippen LogP contribution is -2.24. The van der Waals surface area contributed by atoms with Gasteiger partial charge in [-0.1, -0.05) is 0 Å². The molecular weight excluding hydrogens is 330 g/mol. The number of furan rings is 1. The zero-order chi connectivity index (χ0) is 17.8. The number of anilines is 2. The first-order chi connectivity index (χ1) is 12.0. The Bertz CT molecular complexity index is 898. The topological polar surface area (TPSA) is 80.0 Å². The molecule has 0 bridgehead atoms. The van der Waals surface area contributed by atoms with Gasteiger partial charge in [-0.3, -0.25) is 4.79 Å². The van der Waals surface area contributed by atoms with Crippen molar-refractivity contribution in [2.24, 2.45) is 0 Å². The van der Waals surface area contributed by atoms with Gasteiger partial charge in [0.2, 0.25) is 5.95 Å². The molecule has 3 rings (SSSR count). The van der Waals surface area contributed by atoms with Crippen molar-refractivity contribution in [2.45, 2.75) is 13.5 Å². The van der Waals surface area contributed by atoms with Crippen LogP contribution in [0, 0.1) is 18.6 Å². The molecule has 0 aliphatic rings. The Morgan fingerprint density at radius 2 is 2.00 bits per heavy atom. The number of amides is 1. The summed E-state index contributed by atoms with van der Waals surface area (Å²) in [5.74, 6) is -1.63. The standard InChI is InChI=1S/C17H14F2N4O2/c1-10-7-15(16(24)20-9-12-3-2-6-25-12)23-17(21-10)22-11-4-5-13(18)14(19)8-11/h2-8H,9H2,1H3,(H,20,24)(H,21,22,23). The molecule has 2 aromatic heterocycles. The third-order valence-corrected chi connectivity index (χ3v) is 3.27. The number of nitrogens with one attached hydrogen (secondary N) is 2. The molecular formula is C17H14F2N4O2. The quantitative estimate of drug-likeness (QED) is 0.742. The summed E-state index contributed by atoms with van der Waals surface area (Å²) in [6.07, 6.45) is 1.51. The predicted octanol–water partition coefficient (Wildman–Crippen LogP) is 3.33. The minimum Gasteiger partial charge on any atom is -0.467 e. The number of aryl methyl sites for hydroxylation is 1. The molecule has 0 fully saturated rings. The Kier molecular flexibility index (Phi) is 4.69. The van der Waals surface area contributed by atoms with Crippen molar-refractivity contribution in [1.29, 1.82) is 0 Å². The number of carbonyl (C=O) groups excluding carboxylic acids is 1. The van der Waals surface area contributed by atoms with E-state index in [4.69, 9.17) is 4.42 Å². The van der Waals surface area contributed by atoms with Crippen molar-refractivity contribution < 1.29 is 18.0 Å². The monoisotopic (exact) mass is 344 g/mol. The Balaban J connectivity index is 1.75. The van der Waals surface area contributed by atoms with E-state index in [9.17, 15) is 13.6 Å². The van der Waals surface area contributed by atoms with E-state index in [-0.39, 0.29) is 23.9 Å². The first-order valence-electron chi connectivity index (χ1n) is 7.39. The van der Waals surface area contributed by atoms with Gasteiger partial charge in [-0.15, -0.1) is 0 Å². The van der Waals surface area contributed by atoms with Gasteiger partial charge in [0.05, 0.1) is 12.8 Å². The number of hydrogen-bond acceptors (Lipinski definition) is 5. The second-order valence-electron chi connectivity index (χ2n) is 5.23. The van der Waals surface area contributed by atoms with Crippen LogP contribution < -0.4 is 10.6 Å². The molecule has 0 aliphatic heterocycles. The summed E-state index contributed by atoms with van der Waals surface area (Å²) < 4.78 is 31.4. The van der Waals surface area contributed by atoms with Gasteiger partial charge in [0.15, 0.2) is 11.6 Å². The van der Waals surface area contributed by atoms with Crippen LogP contribution in [0.1, 0.15) is 21.9 Å². The SMILES string of the molecule is Cc1cc(C(=O)NCc2ccco2)nc(Nc2ccc(F)c(F)c2)n1. The van der Waals surface area contributed by atoms with Crippen LogP contribution in [0.25, 0.3) is 0 Å². The molecule has 3 aromatic rings. The van der Waals surface area contributed by atoms with E-state index in [1.54, 1.807) is 19.1 Å². The molecule has 8 heteroatoms. The minimum atomic E-state index is -0.992. The number of halogens is 2. The number of aromatic nitrogens is 2. The Labute approximate surface area is 141 Å². The molecule has 0 radical (unpaired) electrons. The van der Waals surface area contributed by atoms with E-state index in [1.165, 1.54) is 18.4 Å². The van der Waals surface area contributed by atoms with Crippen molar-refractivity contribution in [2.75, 3.05) is 5.32 Å². The van der Waals surface area contributed by atoms with Crippen LogP contribution in [0.3, 0.4) is 0 Å². The Morgan fingerprint density at radius 1 is 1.16 bits per heavy atom. The van der Waals surface area contributed by atoms with Gasteiger partial charge in [-0.05, 0) is 37.3 Å². The fourth-order valence-electron chi connectivity index (χ4n) is 2.11. The largest absolute Gasteiger partial charge is 0.467 e. The highest BCUT2D eigenvalue weighted by molar-refractivity contribution is 5.92. The van der Waals surface area contributed by atoms with Crippen LogP contribution >= 0.6 is 0 Å². The molecule has 128 valence electrons. The Morgan fingerprint density at radius 3 is 2.72 bits per heavy atom. The summed E-state index contributed by atoms with van der Waals surface area (Å²) in [6.45, 7) is 1.92. The molecule has 2 N–H and O–H groups in total. The van der Waals surface area contributed by atoms with Crippen molar-refractivity contribution >= 4 is 17.5 Å². The molecule has 0 saturated carbocycles. The minimum absolute atomic E-state index is 0.106. The van der Waals surface area contributed by atoms with E-state index in [2.05, 4.69) is 20.6 Å². The highest BCUT2D eigenvalue weighted by Gasteiger charge is 2.12. The van der Waals surface area contributed by atoms with Gasteiger partial charge >= 0.3 is 0 Å². The van der Waals surface area contributed by atoms with Crippen LogP contribution in [0.4, 0.5) is 20.4 Å². The van der Waals surface area contributed by atoms with E-state index < -0.39 is 17.5 Å². The molecule has 0 aliphatic carbocycles. The average Bonchev–Trinajstić information content (AvgIpc) is 3.09. The molecule has 6 nitrogen and oxygen atoms in total. The summed E-state index contributed by atoms with van der Waals surface area (Å²) in [6, 6.07) is 8.30. The number of carbonyl (C=O) groups is 1. The molecule has 0 unspecified atom stereocenters. The predicted molar refractivity (Wildman–Crippen MR) is 86.3 cm³/mol. The van der Waals surface area contributed by atoms with E-state index >= 15 is 0 Å². The zero-order valence-corrected chi connectivity index (χ0v) is 13.2. The van der Waals surface area contributed by atoms with E-state index in [1.807, 2.05) is 0 Å². The molecule has 1 aromatic carbocycles. The van der Waals surface area contributed by atoms with E-state index in [0.717, 1.165) is 12.1 Å². The zero-order valence-electron chi connectivity index (χ0n) is 13.2. The summed E-state index contributed by atoms with van der Waals surface area (Å²) >= 11 is 0. The third-order valence-electron chi connectivity index (χ3n) is 3.27. The lowest BCUT2D eigenvalue weighted by atomic mass is 10.3. The van der Waals surface area contributed by atoms with E-state index in [0.29, 0.717) is 11.5 Å². The van der Waals surface area contributed by atoms with Crippen molar-refractivity contribution in [3.05, 3.63) is 71.4 Å². The van der Waals surface area contributed by atoms with Crippen LogP contribution in [0.2, 0.25) is 0 Å². The highest BCUT2D eigenvalue weighted by atomic mass is 19.2. The van der Waals surface area contributed by atoms with Crippen LogP contribution in [0.15, 0.2) is 47.1 Å². The molecule has 2 heterocycles. The van der Waals surface area contributed by atoms with Crippen molar-refractivity contribution in [3.8, 4) is 0 Å². The number of benzene rings is 1. The average molecular weight is 344 g/mol. The fraction of sp³-hybridized carbons (Fsp3) is 0.118. The number of rotatable bonds is 5. The lowest BCUT2D eigenvalue weighted by molar-refractivity contribution is 0.0943. The molecule has 0 spiro atoms. The normalized spacial score (nSPS) is 10.5. The summed E-state index contributed by atoms with van der Waals surface area (Å²) in [5, 5.41) is 5.43. The van der Waals surface area contributed by atoms with Gasteiger partial charge in [-0.25, -0.2) is 18.7 Å². The maximum atomic E-state index is 13.3. The van der Waals surface area contributed by atoms with Gasteiger partial charge in [0.1, 0.15) is 11.5 Å². The van der Waals surface area contributed by atoms with Crippen LogP contribution in [-0.2, 0) is 6.54 Å². The first kappa shape index (κ1) is 16.6. The third kappa shape index (κ3) is 4.17. The molecule has 25 heavy (non-hydrogen) atoms. The summed E-state index contributed by atoms with van der Waals surface area (Å²) in [7, 11) is 0. The van der Waals surface area contributed by atoms with Crippen molar-refractivity contribution in [1.82, 2.24) is 15.3 Å². The maximum absolute atomic E-state index is 13.3. The second-order valence-corrected chi connectivity index (χ2v) is 5.23. The molecule has 1 amide bonds. The first-order valence-corrected chi connectivity index (χ1v) is 7.39. The van der Waals surface area contributed by atoms with Crippen molar-refractivity contribution in [3.63, 3.8) is 0 Å². The lowest BCUT2D eigenvalue weighted by Gasteiger charge is -2.09. The number of hydrogen-bond donors (Lipinski definition) is 2. The summed E-state index contributed by atoms with van der Waals surface area (Å²) in [5.41, 5.74) is 0.957. The molecule has 0 saturated heterocycles. The fourth-order valence-corrected chi connectivity index (χ4v) is 2.11. The van der Waals surface area contributed by atoms with Gasteiger partial charge in [0.25, 0.3) is 5.91 Å². The number of nitrogens with zero attached hydrogens (tertiary/aromatic N) is 2. The summed E-state index contributed by atoms with van der Waals surface area (Å²) in [4.78, 5) is 20.5. The smallest absolute Gasteiger partial charge is 0.270 e.